The Morgan fingerprint density at radius 1 is 1.41 bits per heavy atom. The Bertz CT molecular complexity index is 404. The molecule has 0 unspecified atom stereocenters. The minimum absolute atomic E-state index is 0.0582. The van der Waals surface area contributed by atoms with Crippen LogP contribution in [0.2, 0.25) is 0 Å². The van der Waals surface area contributed by atoms with Crippen LogP contribution in [0.4, 0.5) is 19.0 Å². The van der Waals surface area contributed by atoms with E-state index in [4.69, 9.17) is 4.74 Å². The Morgan fingerprint density at radius 3 is 2.65 bits per heavy atom. The van der Waals surface area contributed by atoms with Crippen molar-refractivity contribution in [2.45, 2.75) is 13.1 Å². The molecular formula is C10H12F3N3O. The van der Waals surface area contributed by atoms with E-state index in [1.807, 2.05) is 0 Å². The predicted molar refractivity (Wildman–Crippen MR) is 56.9 cm³/mol. The van der Waals surface area contributed by atoms with Crippen LogP contribution in [-0.4, -0.2) is 23.6 Å². The molecule has 0 amide bonds. The van der Waals surface area contributed by atoms with Crippen LogP contribution in [-0.2, 0) is 6.18 Å². The van der Waals surface area contributed by atoms with Gasteiger partial charge < -0.3 is 10.1 Å². The van der Waals surface area contributed by atoms with E-state index in [2.05, 4.69) is 15.3 Å². The molecule has 1 heterocycles. The smallest absolute Gasteiger partial charge is 0.451 e. The maximum Gasteiger partial charge on any atom is 0.451 e. The summed E-state index contributed by atoms with van der Waals surface area (Å²) in [5.74, 6) is -1.28. The van der Waals surface area contributed by atoms with Gasteiger partial charge >= 0.3 is 6.18 Å². The monoisotopic (exact) mass is 247 g/mol. The summed E-state index contributed by atoms with van der Waals surface area (Å²) in [6.45, 7) is 1.94. The van der Waals surface area contributed by atoms with Crippen LogP contribution in [0.1, 0.15) is 12.7 Å². The molecule has 0 aliphatic carbocycles. The van der Waals surface area contributed by atoms with Crippen LogP contribution in [0.25, 0.3) is 0 Å². The average Bonchev–Trinajstić information content (AvgIpc) is 2.28. The van der Waals surface area contributed by atoms with Gasteiger partial charge in [-0.2, -0.15) is 18.2 Å². The van der Waals surface area contributed by atoms with Crippen molar-refractivity contribution >= 4 is 5.82 Å². The van der Waals surface area contributed by atoms with Gasteiger partial charge in [0.25, 0.3) is 0 Å². The molecule has 0 saturated carbocycles. The molecule has 0 radical (unpaired) electrons. The van der Waals surface area contributed by atoms with Gasteiger partial charge in [0.05, 0.1) is 0 Å². The summed E-state index contributed by atoms with van der Waals surface area (Å²) < 4.78 is 42.4. The first-order valence-corrected chi connectivity index (χ1v) is 4.85. The third kappa shape index (κ3) is 3.93. The molecule has 0 fully saturated rings. The van der Waals surface area contributed by atoms with E-state index in [9.17, 15) is 13.2 Å². The largest absolute Gasteiger partial charge is 0.473 e. The third-order valence-electron chi connectivity index (χ3n) is 1.78. The van der Waals surface area contributed by atoms with Gasteiger partial charge in [-0.1, -0.05) is 12.2 Å². The molecule has 4 nitrogen and oxygen atoms in total. The normalized spacial score (nSPS) is 11.8. The SMILES string of the molecule is C/C=C/COc1cc(NC)nc(C(F)(F)F)n1. The third-order valence-corrected chi connectivity index (χ3v) is 1.78. The summed E-state index contributed by atoms with van der Waals surface area (Å²) in [4.78, 5) is 6.60. The van der Waals surface area contributed by atoms with Crippen molar-refractivity contribution in [3.63, 3.8) is 0 Å². The highest BCUT2D eigenvalue weighted by Crippen LogP contribution is 2.28. The fourth-order valence-corrected chi connectivity index (χ4v) is 0.983. The van der Waals surface area contributed by atoms with E-state index in [-0.39, 0.29) is 18.3 Å². The topological polar surface area (TPSA) is 47.0 Å². The molecule has 0 aliphatic rings. The van der Waals surface area contributed by atoms with E-state index in [1.54, 1.807) is 19.1 Å². The van der Waals surface area contributed by atoms with Gasteiger partial charge in [-0.3, -0.25) is 0 Å². The number of nitrogens with one attached hydrogen (secondary N) is 1. The van der Waals surface area contributed by atoms with E-state index in [1.165, 1.54) is 13.1 Å². The number of aromatic nitrogens is 2. The Kier molecular flexibility index (Phi) is 4.30. The standard InChI is InChI=1S/C10H12F3N3O/c1-3-4-5-17-8-6-7(14-2)15-9(16-8)10(11,12)13/h3-4,6H,5H2,1-2H3,(H,14,15,16)/b4-3+. The molecular weight excluding hydrogens is 235 g/mol. The Morgan fingerprint density at radius 2 is 2.12 bits per heavy atom. The number of nitrogens with zero attached hydrogens (tertiary/aromatic N) is 2. The van der Waals surface area contributed by atoms with Crippen molar-refractivity contribution < 1.29 is 17.9 Å². The average molecular weight is 247 g/mol. The number of hydrogen-bond acceptors (Lipinski definition) is 4. The van der Waals surface area contributed by atoms with Gasteiger partial charge in [0.15, 0.2) is 0 Å². The predicted octanol–water partition coefficient (Wildman–Crippen LogP) is 2.49. The van der Waals surface area contributed by atoms with Crippen LogP contribution in [0.3, 0.4) is 0 Å². The first-order chi connectivity index (χ1) is 7.97. The lowest BCUT2D eigenvalue weighted by Crippen LogP contribution is -2.13. The number of rotatable bonds is 4. The molecule has 17 heavy (non-hydrogen) atoms. The number of alkyl halides is 3. The van der Waals surface area contributed by atoms with Gasteiger partial charge in [-0.05, 0) is 6.92 Å². The second kappa shape index (κ2) is 5.51. The molecule has 0 aromatic carbocycles. The second-order valence-corrected chi connectivity index (χ2v) is 3.04. The van der Waals surface area contributed by atoms with E-state index in [0.717, 1.165) is 0 Å². The van der Waals surface area contributed by atoms with E-state index >= 15 is 0 Å². The highest BCUT2D eigenvalue weighted by Gasteiger charge is 2.35. The van der Waals surface area contributed by atoms with Crippen molar-refractivity contribution in [3.8, 4) is 5.88 Å². The van der Waals surface area contributed by atoms with Gasteiger partial charge in [0.1, 0.15) is 12.4 Å². The van der Waals surface area contributed by atoms with E-state index in [0.29, 0.717) is 0 Å². The lowest BCUT2D eigenvalue weighted by atomic mass is 10.5. The minimum atomic E-state index is -4.59. The van der Waals surface area contributed by atoms with Crippen LogP contribution in [0.5, 0.6) is 5.88 Å². The number of anilines is 1. The highest BCUT2D eigenvalue weighted by molar-refractivity contribution is 5.38. The zero-order valence-electron chi connectivity index (χ0n) is 9.38. The lowest BCUT2D eigenvalue weighted by Gasteiger charge is -2.09. The Labute approximate surface area is 96.5 Å². The number of ether oxygens (including phenoxy) is 1. The minimum Gasteiger partial charge on any atom is -0.473 e. The van der Waals surface area contributed by atoms with Gasteiger partial charge in [-0.25, -0.2) is 4.98 Å². The molecule has 7 heteroatoms. The maximum absolute atomic E-state index is 12.5. The first kappa shape index (κ1) is 13.3. The van der Waals surface area contributed by atoms with Crippen molar-refractivity contribution in [3.05, 3.63) is 24.0 Å². The molecule has 1 aromatic heterocycles. The molecule has 0 aliphatic heterocycles. The van der Waals surface area contributed by atoms with E-state index < -0.39 is 12.0 Å². The van der Waals surface area contributed by atoms with Crippen LogP contribution < -0.4 is 10.1 Å². The summed E-state index contributed by atoms with van der Waals surface area (Å²) in [5, 5.41) is 2.52. The van der Waals surface area contributed by atoms with Gasteiger partial charge in [0, 0.05) is 13.1 Å². The first-order valence-electron chi connectivity index (χ1n) is 4.85. The van der Waals surface area contributed by atoms with Crippen LogP contribution in [0.15, 0.2) is 18.2 Å². The summed E-state index contributed by atoms with van der Waals surface area (Å²) in [5.41, 5.74) is 0. The summed E-state index contributed by atoms with van der Waals surface area (Å²) >= 11 is 0. The van der Waals surface area contributed by atoms with Crippen molar-refractivity contribution in [2.24, 2.45) is 0 Å². The highest BCUT2D eigenvalue weighted by atomic mass is 19.4. The number of halogens is 3. The van der Waals surface area contributed by atoms with Gasteiger partial charge in [0.2, 0.25) is 11.7 Å². The summed E-state index contributed by atoms with van der Waals surface area (Å²) in [6.07, 6.45) is -1.20. The van der Waals surface area contributed by atoms with Crippen molar-refractivity contribution in [1.29, 1.82) is 0 Å². The maximum atomic E-state index is 12.5. The fourth-order valence-electron chi connectivity index (χ4n) is 0.983. The molecule has 1 N–H and O–H groups in total. The summed E-state index contributed by atoms with van der Waals surface area (Å²) in [6, 6.07) is 1.30. The molecule has 0 spiro atoms. The second-order valence-electron chi connectivity index (χ2n) is 3.04. The van der Waals surface area contributed by atoms with Crippen LogP contribution >= 0.6 is 0 Å². The lowest BCUT2D eigenvalue weighted by molar-refractivity contribution is -0.145. The zero-order chi connectivity index (χ0) is 12.9. The molecule has 94 valence electrons. The number of allylic oxidation sites excluding steroid dienone is 1. The van der Waals surface area contributed by atoms with Crippen molar-refractivity contribution in [1.82, 2.24) is 9.97 Å². The molecule has 0 saturated heterocycles. The molecule has 1 rings (SSSR count). The van der Waals surface area contributed by atoms with Gasteiger partial charge in [-0.15, -0.1) is 0 Å². The molecule has 0 bridgehead atoms. The van der Waals surface area contributed by atoms with Crippen molar-refractivity contribution in [2.75, 3.05) is 19.0 Å². The van der Waals surface area contributed by atoms with Crippen LogP contribution in [0, 0.1) is 0 Å². The fraction of sp³-hybridized carbons (Fsp3) is 0.400. The Hall–Kier alpha value is -1.79. The zero-order valence-corrected chi connectivity index (χ0v) is 9.38. The quantitative estimate of drug-likeness (QED) is 0.830. The summed E-state index contributed by atoms with van der Waals surface area (Å²) in [7, 11) is 1.47. The Balaban J connectivity index is 2.97. The molecule has 0 atom stereocenters. The molecule has 1 aromatic rings. The number of hydrogen-bond donors (Lipinski definition) is 1.